The van der Waals surface area contributed by atoms with Gasteiger partial charge in [0.2, 0.25) is 5.91 Å². The summed E-state index contributed by atoms with van der Waals surface area (Å²) in [5, 5.41) is 12.7. The predicted octanol–water partition coefficient (Wildman–Crippen LogP) is 4.68. The van der Waals surface area contributed by atoms with Gasteiger partial charge in [-0.3, -0.25) is 14.3 Å². The first-order valence-electron chi connectivity index (χ1n) is 11.2. The molecule has 34 heavy (non-hydrogen) atoms. The van der Waals surface area contributed by atoms with Gasteiger partial charge in [-0.05, 0) is 55.3 Å². The molecular formula is C26H25N5O2S. The number of ether oxygens (including phenoxy) is 1. The number of para-hydroxylation sites is 1. The van der Waals surface area contributed by atoms with Crippen LogP contribution in [0.5, 0.6) is 5.75 Å². The van der Waals surface area contributed by atoms with Crippen molar-refractivity contribution in [3.05, 3.63) is 83.7 Å². The molecule has 4 aromatic rings. The number of benzene rings is 2. The number of amides is 1. The molecule has 1 atom stereocenters. The molecule has 1 amide bonds. The second-order valence-corrected chi connectivity index (χ2v) is 9.17. The van der Waals surface area contributed by atoms with Crippen molar-refractivity contribution in [3.63, 3.8) is 0 Å². The number of hydrogen-bond acceptors (Lipinski definition) is 6. The largest absolute Gasteiger partial charge is 0.493 e. The second-order valence-electron chi connectivity index (χ2n) is 8.23. The van der Waals surface area contributed by atoms with Gasteiger partial charge in [0.25, 0.3) is 0 Å². The lowest BCUT2D eigenvalue weighted by atomic mass is 10.0. The van der Waals surface area contributed by atoms with Crippen LogP contribution in [0, 0.1) is 13.8 Å². The number of hydrogen-bond donors (Lipinski definition) is 1. The Morgan fingerprint density at radius 2 is 1.91 bits per heavy atom. The van der Waals surface area contributed by atoms with E-state index in [1.807, 2.05) is 41.0 Å². The first kappa shape index (κ1) is 22.2. The topological polar surface area (TPSA) is 81.9 Å². The fraction of sp³-hybridized carbons (Fsp3) is 0.231. The summed E-state index contributed by atoms with van der Waals surface area (Å²) in [6, 6.07) is 17.9. The van der Waals surface area contributed by atoms with Crippen molar-refractivity contribution in [2.45, 2.75) is 31.5 Å². The number of aryl methyl sites for hydroxylation is 2. The van der Waals surface area contributed by atoms with E-state index in [0.717, 1.165) is 29.0 Å². The standard InChI is InChI=1S/C26H25N5O2S/c1-17-7-8-20(15-18(17)2)31-25(19-9-12-27-13-10-19)29-30-26(31)34-16-24(32)28-22-11-14-33-23-6-4-3-5-21(22)23/h3-10,12-13,15,22H,11,14,16H2,1-2H3,(H,28,32). The van der Waals surface area contributed by atoms with Crippen molar-refractivity contribution < 1.29 is 9.53 Å². The third-order valence-corrected chi connectivity index (χ3v) is 6.88. The lowest BCUT2D eigenvalue weighted by Gasteiger charge is -2.26. The SMILES string of the molecule is Cc1ccc(-n2c(SCC(=O)NC3CCOc4ccccc43)nnc2-c2ccncc2)cc1C. The highest BCUT2D eigenvalue weighted by atomic mass is 32.2. The van der Waals surface area contributed by atoms with Gasteiger partial charge in [-0.25, -0.2) is 0 Å². The molecule has 0 saturated heterocycles. The van der Waals surface area contributed by atoms with E-state index < -0.39 is 0 Å². The van der Waals surface area contributed by atoms with E-state index in [4.69, 9.17) is 4.74 Å². The lowest BCUT2D eigenvalue weighted by Crippen LogP contribution is -2.33. The maximum atomic E-state index is 12.9. The molecule has 172 valence electrons. The van der Waals surface area contributed by atoms with Crippen LogP contribution in [0.4, 0.5) is 0 Å². The Hall–Kier alpha value is -3.65. The van der Waals surface area contributed by atoms with E-state index in [1.54, 1.807) is 12.4 Å². The highest BCUT2D eigenvalue weighted by Gasteiger charge is 2.23. The molecule has 7 nitrogen and oxygen atoms in total. The van der Waals surface area contributed by atoms with Crippen molar-refractivity contribution in [1.82, 2.24) is 25.1 Å². The first-order chi connectivity index (χ1) is 16.6. The number of aromatic nitrogens is 4. The van der Waals surface area contributed by atoms with E-state index in [9.17, 15) is 4.79 Å². The summed E-state index contributed by atoms with van der Waals surface area (Å²) in [6.45, 7) is 4.76. The second kappa shape index (κ2) is 9.69. The van der Waals surface area contributed by atoms with E-state index in [2.05, 4.69) is 52.5 Å². The Bertz CT molecular complexity index is 1320. The van der Waals surface area contributed by atoms with Gasteiger partial charge in [-0.2, -0.15) is 0 Å². The summed E-state index contributed by atoms with van der Waals surface area (Å²) >= 11 is 1.38. The van der Waals surface area contributed by atoms with Crippen molar-refractivity contribution >= 4 is 17.7 Å². The predicted molar refractivity (Wildman–Crippen MR) is 132 cm³/mol. The Labute approximate surface area is 202 Å². The van der Waals surface area contributed by atoms with Gasteiger partial charge >= 0.3 is 0 Å². The Kier molecular flexibility index (Phi) is 6.31. The number of rotatable bonds is 6. The maximum absolute atomic E-state index is 12.9. The minimum absolute atomic E-state index is 0.0493. The zero-order valence-corrected chi connectivity index (χ0v) is 19.9. The molecule has 0 bridgehead atoms. The van der Waals surface area contributed by atoms with E-state index >= 15 is 0 Å². The molecule has 1 aliphatic rings. The molecule has 0 aliphatic carbocycles. The van der Waals surface area contributed by atoms with Gasteiger partial charge in [0, 0.05) is 29.9 Å². The smallest absolute Gasteiger partial charge is 0.230 e. The maximum Gasteiger partial charge on any atom is 0.230 e. The summed E-state index contributed by atoms with van der Waals surface area (Å²) in [4.78, 5) is 17.0. The van der Waals surface area contributed by atoms with Crippen LogP contribution in [0.3, 0.4) is 0 Å². The van der Waals surface area contributed by atoms with Crippen LogP contribution in [-0.2, 0) is 4.79 Å². The minimum atomic E-state index is -0.0527. The van der Waals surface area contributed by atoms with Gasteiger partial charge in [0.15, 0.2) is 11.0 Å². The molecule has 0 saturated carbocycles. The number of carbonyl (C=O) groups is 1. The van der Waals surface area contributed by atoms with Crippen LogP contribution in [0.1, 0.15) is 29.2 Å². The highest BCUT2D eigenvalue weighted by Crippen LogP contribution is 2.32. The van der Waals surface area contributed by atoms with Crippen LogP contribution in [0.25, 0.3) is 17.1 Å². The number of nitrogens with one attached hydrogen (secondary N) is 1. The number of pyridine rings is 1. The monoisotopic (exact) mass is 471 g/mol. The summed E-state index contributed by atoms with van der Waals surface area (Å²) in [5.41, 5.74) is 5.29. The number of carbonyl (C=O) groups excluding carboxylic acids is 1. The zero-order valence-electron chi connectivity index (χ0n) is 19.1. The van der Waals surface area contributed by atoms with Crippen LogP contribution >= 0.6 is 11.8 Å². The first-order valence-corrected chi connectivity index (χ1v) is 12.2. The molecular weight excluding hydrogens is 446 g/mol. The number of fused-ring (bicyclic) bond motifs is 1. The molecule has 0 radical (unpaired) electrons. The summed E-state index contributed by atoms with van der Waals surface area (Å²) in [6.07, 6.45) is 4.22. The molecule has 5 rings (SSSR count). The molecule has 0 spiro atoms. The molecule has 3 heterocycles. The third kappa shape index (κ3) is 4.54. The Morgan fingerprint density at radius 1 is 1.09 bits per heavy atom. The van der Waals surface area contributed by atoms with Gasteiger partial charge in [-0.1, -0.05) is 36.0 Å². The average Bonchev–Trinajstić information content (AvgIpc) is 3.29. The summed E-state index contributed by atoms with van der Waals surface area (Å²) in [5.74, 6) is 1.74. The minimum Gasteiger partial charge on any atom is -0.493 e. The van der Waals surface area contributed by atoms with Crippen molar-refractivity contribution in [1.29, 1.82) is 0 Å². The van der Waals surface area contributed by atoms with Crippen molar-refractivity contribution in [3.8, 4) is 22.8 Å². The van der Waals surface area contributed by atoms with Gasteiger partial charge in [0.1, 0.15) is 5.75 Å². The zero-order chi connectivity index (χ0) is 23.5. The highest BCUT2D eigenvalue weighted by molar-refractivity contribution is 7.99. The molecule has 0 fully saturated rings. The molecule has 2 aromatic heterocycles. The summed E-state index contributed by atoms with van der Waals surface area (Å²) in [7, 11) is 0. The van der Waals surface area contributed by atoms with E-state index in [-0.39, 0.29) is 17.7 Å². The van der Waals surface area contributed by atoms with E-state index in [0.29, 0.717) is 17.6 Å². The quantitative estimate of drug-likeness (QED) is 0.411. The summed E-state index contributed by atoms with van der Waals surface area (Å²) < 4.78 is 7.71. The van der Waals surface area contributed by atoms with Crippen LogP contribution in [-0.4, -0.2) is 38.0 Å². The van der Waals surface area contributed by atoms with E-state index in [1.165, 1.54) is 22.9 Å². The molecule has 2 aromatic carbocycles. The average molecular weight is 472 g/mol. The Morgan fingerprint density at radius 3 is 2.74 bits per heavy atom. The fourth-order valence-corrected chi connectivity index (χ4v) is 4.77. The molecule has 1 unspecified atom stereocenters. The molecule has 1 N–H and O–H groups in total. The van der Waals surface area contributed by atoms with Crippen LogP contribution < -0.4 is 10.1 Å². The van der Waals surface area contributed by atoms with Crippen molar-refractivity contribution in [2.75, 3.05) is 12.4 Å². The Balaban J connectivity index is 1.38. The van der Waals surface area contributed by atoms with Crippen LogP contribution in [0.15, 0.2) is 72.1 Å². The number of thioether (sulfide) groups is 1. The lowest BCUT2D eigenvalue weighted by molar-refractivity contribution is -0.119. The van der Waals surface area contributed by atoms with Gasteiger partial charge < -0.3 is 10.1 Å². The molecule has 8 heteroatoms. The third-order valence-electron chi connectivity index (χ3n) is 5.95. The van der Waals surface area contributed by atoms with Gasteiger partial charge in [-0.15, -0.1) is 10.2 Å². The van der Waals surface area contributed by atoms with Gasteiger partial charge in [0.05, 0.1) is 24.1 Å². The van der Waals surface area contributed by atoms with Crippen molar-refractivity contribution in [2.24, 2.45) is 0 Å². The number of nitrogens with zero attached hydrogens (tertiary/aromatic N) is 4. The fourth-order valence-electron chi connectivity index (χ4n) is 4.01. The molecule has 1 aliphatic heterocycles. The normalized spacial score (nSPS) is 14.8. The van der Waals surface area contributed by atoms with Crippen LogP contribution in [0.2, 0.25) is 0 Å².